The van der Waals surface area contributed by atoms with Gasteiger partial charge in [0, 0.05) is 0 Å². The molecule has 3 N–H and O–H groups in total. The lowest BCUT2D eigenvalue weighted by Gasteiger charge is -2.14. The van der Waals surface area contributed by atoms with Crippen LogP contribution in [-0.2, 0) is 14.8 Å². The fourth-order valence-corrected chi connectivity index (χ4v) is 2.61. The maximum absolute atomic E-state index is 11.9. The number of nitrogens with one attached hydrogen (secondary N) is 1. The summed E-state index contributed by atoms with van der Waals surface area (Å²) in [4.78, 5) is 10.5. The Balaban J connectivity index is 3.10. The van der Waals surface area contributed by atoms with E-state index in [4.69, 9.17) is 14.9 Å². The lowest BCUT2D eigenvalue weighted by atomic mass is 10.3. The quantitative estimate of drug-likeness (QED) is 0.640. The smallest absolute Gasteiger partial charge is 0.324 e. The average Bonchev–Trinajstić information content (AvgIpc) is 2.35. The van der Waals surface area contributed by atoms with Crippen molar-refractivity contribution in [2.75, 3.05) is 13.7 Å². The molecule has 0 aliphatic rings. The molecule has 1 aromatic carbocycles. The zero-order chi connectivity index (χ0) is 13.8. The van der Waals surface area contributed by atoms with E-state index in [2.05, 4.69) is 0 Å². The van der Waals surface area contributed by atoms with Crippen molar-refractivity contribution >= 4 is 16.0 Å². The van der Waals surface area contributed by atoms with Crippen LogP contribution < -0.4 is 9.46 Å². The van der Waals surface area contributed by atoms with E-state index in [0.717, 1.165) is 0 Å². The normalized spacial score (nSPS) is 13.0. The second-order valence-electron chi connectivity index (χ2n) is 3.35. The molecule has 0 fully saturated rings. The van der Waals surface area contributed by atoms with Gasteiger partial charge in [0.15, 0.2) is 0 Å². The molecule has 0 bridgehead atoms. The third-order valence-electron chi connectivity index (χ3n) is 2.14. The van der Waals surface area contributed by atoms with E-state index in [1.807, 2.05) is 4.72 Å². The molecule has 1 rings (SSSR count). The predicted molar refractivity (Wildman–Crippen MR) is 61.8 cm³/mol. The van der Waals surface area contributed by atoms with Crippen LogP contribution in [0.3, 0.4) is 0 Å². The maximum atomic E-state index is 11.9. The van der Waals surface area contributed by atoms with E-state index in [-0.39, 0.29) is 10.6 Å². The summed E-state index contributed by atoms with van der Waals surface area (Å²) in [5, 5.41) is 17.5. The molecule has 18 heavy (non-hydrogen) atoms. The first-order chi connectivity index (χ1) is 8.42. The fourth-order valence-electron chi connectivity index (χ4n) is 1.26. The Morgan fingerprint density at radius 3 is 2.56 bits per heavy atom. The zero-order valence-electron chi connectivity index (χ0n) is 9.53. The summed E-state index contributed by atoms with van der Waals surface area (Å²) in [6.45, 7) is -0.844. The fraction of sp³-hybridized carbons (Fsp3) is 0.300. The highest BCUT2D eigenvalue weighted by Gasteiger charge is 2.26. The summed E-state index contributed by atoms with van der Waals surface area (Å²) in [7, 11) is -2.77. The van der Waals surface area contributed by atoms with Gasteiger partial charge in [0.25, 0.3) is 0 Å². The minimum Gasteiger partial charge on any atom is -0.495 e. The van der Waals surface area contributed by atoms with E-state index >= 15 is 0 Å². The number of aliphatic hydroxyl groups excluding tert-OH is 1. The highest BCUT2D eigenvalue weighted by molar-refractivity contribution is 7.89. The number of para-hydroxylation sites is 1. The molecule has 1 aromatic rings. The molecule has 0 heterocycles. The predicted octanol–water partition coefficient (Wildman–Crippen LogP) is -0.581. The number of hydrogen-bond donors (Lipinski definition) is 3. The van der Waals surface area contributed by atoms with Crippen molar-refractivity contribution < 1.29 is 28.2 Å². The monoisotopic (exact) mass is 275 g/mol. The Labute approximate surface area is 104 Å². The topological polar surface area (TPSA) is 113 Å². The summed E-state index contributed by atoms with van der Waals surface area (Å²) < 4.78 is 30.6. The molecule has 0 saturated carbocycles. The van der Waals surface area contributed by atoms with E-state index < -0.39 is 28.6 Å². The number of aliphatic carboxylic acids is 1. The van der Waals surface area contributed by atoms with Crippen molar-refractivity contribution in [3.05, 3.63) is 24.3 Å². The van der Waals surface area contributed by atoms with Gasteiger partial charge in [-0.1, -0.05) is 12.1 Å². The van der Waals surface area contributed by atoms with Crippen molar-refractivity contribution in [1.29, 1.82) is 0 Å². The van der Waals surface area contributed by atoms with Crippen LogP contribution in [0.2, 0.25) is 0 Å². The molecule has 0 unspecified atom stereocenters. The third-order valence-corrected chi connectivity index (χ3v) is 3.65. The first-order valence-electron chi connectivity index (χ1n) is 4.91. The van der Waals surface area contributed by atoms with Crippen molar-refractivity contribution in [1.82, 2.24) is 4.72 Å². The number of aliphatic hydroxyl groups is 1. The molecule has 100 valence electrons. The molecule has 0 radical (unpaired) electrons. The summed E-state index contributed by atoms with van der Waals surface area (Å²) in [5.74, 6) is -1.37. The molecule has 0 aliphatic carbocycles. The summed E-state index contributed by atoms with van der Waals surface area (Å²) >= 11 is 0. The molecule has 7 nitrogen and oxygen atoms in total. The van der Waals surface area contributed by atoms with Gasteiger partial charge in [-0.15, -0.1) is 0 Å². The molecular weight excluding hydrogens is 262 g/mol. The van der Waals surface area contributed by atoms with Gasteiger partial charge in [0.1, 0.15) is 16.7 Å². The first kappa shape index (κ1) is 14.4. The summed E-state index contributed by atoms with van der Waals surface area (Å²) in [5.41, 5.74) is 0. The van der Waals surface area contributed by atoms with Crippen molar-refractivity contribution in [3.8, 4) is 5.75 Å². The van der Waals surface area contributed by atoms with Gasteiger partial charge in [-0.05, 0) is 12.1 Å². The second kappa shape index (κ2) is 5.80. The van der Waals surface area contributed by atoms with Crippen LogP contribution in [0.1, 0.15) is 0 Å². The van der Waals surface area contributed by atoms with Gasteiger partial charge in [-0.3, -0.25) is 4.79 Å². The lowest BCUT2D eigenvalue weighted by molar-refractivity contribution is -0.139. The Bertz CT molecular complexity index is 527. The summed E-state index contributed by atoms with van der Waals surface area (Å²) in [6, 6.07) is 4.17. The van der Waals surface area contributed by atoms with Crippen molar-refractivity contribution in [2.24, 2.45) is 0 Å². The number of carboxylic acids is 1. The molecular formula is C10H13NO6S. The number of rotatable bonds is 6. The Morgan fingerprint density at radius 1 is 1.44 bits per heavy atom. The van der Waals surface area contributed by atoms with Gasteiger partial charge in [0.2, 0.25) is 10.0 Å². The Kier molecular flexibility index (Phi) is 4.65. The lowest BCUT2D eigenvalue weighted by Crippen LogP contribution is -2.43. The van der Waals surface area contributed by atoms with Crippen LogP contribution >= 0.6 is 0 Å². The third kappa shape index (κ3) is 3.19. The number of sulfonamides is 1. The minimum atomic E-state index is -4.08. The van der Waals surface area contributed by atoms with Crippen molar-refractivity contribution in [2.45, 2.75) is 10.9 Å². The molecule has 0 amide bonds. The maximum Gasteiger partial charge on any atom is 0.324 e. The Morgan fingerprint density at radius 2 is 2.06 bits per heavy atom. The molecule has 0 aliphatic heterocycles. The van der Waals surface area contributed by atoms with Crippen LogP contribution in [0.5, 0.6) is 5.75 Å². The van der Waals surface area contributed by atoms with E-state index in [0.29, 0.717) is 0 Å². The minimum absolute atomic E-state index is 0.0899. The molecule has 0 saturated heterocycles. The molecule has 0 spiro atoms. The number of ether oxygens (including phenoxy) is 1. The zero-order valence-corrected chi connectivity index (χ0v) is 10.3. The average molecular weight is 275 g/mol. The van der Waals surface area contributed by atoms with E-state index in [9.17, 15) is 13.2 Å². The van der Waals surface area contributed by atoms with Crippen LogP contribution in [0.25, 0.3) is 0 Å². The van der Waals surface area contributed by atoms with Gasteiger partial charge in [0.05, 0.1) is 13.7 Å². The standard InChI is InChI=1S/C10H13NO6S/c1-17-8-4-2-3-5-9(8)18(15,16)11-7(6-12)10(13)14/h2-5,7,11-12H,6H2,1H3,(H,13,14)/t7-/m1/s1. The molecule has 0 aromatic heterocycles. The molecule has 1 atom stereocenters. The number of benzene rings is 1. The highest BCUT2D eigenvalue weighted by Crippen LogP contribution is 2.22. The molecule has 8 heteroatoms. The number of hydrogen-bond acceptors (Lipinski definition) is 5. The second-order valence-corrected chi connectivity index (χ2v) is 5.03. The Hall–Kier alpha value is -1.64. The highest BCUT2D eigenvalue weighted by atomic mass is 32.2. The largest absolute Gasteiger partial charge is 0.495 e. The number of carbonyl (C=O) groups is 1. The van der Waals surface area contributed by atoms with E-state index in [1.54, 1.807) is 6.07 Å². The number of methoxy groups -OCH3 is 1. The van der Waals surface area contributed by atoms with Crippen LogP contribution in [0.4, 0.5) is 0 Å². The van der Waals surface area contributed by atoms with Crippen LogP contribution in [0.15, 0.2) is 29.2 Å². The van der Waals surface area contributed by atoms with Gasteiger partial charge in [-0.2, -0.15) is 4.72 Å². The van der Waals surface area contributed by atoms with Crippen molar-refractivity contribution in [3.63, 3.8) is 0 Å². The van der Waals surface area contributed by atoms with Gasteiger partial charge in [-0.25, -0.2) is 8.42 Å². The first-order valence-corrected chi connectivity index (χ1v) is 6.39. The van der Waals surface area contributed by atoms with Gasteiger partial charge < -0.3 is 14.9 Å². The summed E-state index contributed by atoms with van der Waals surface area (Å²) in [6.07, 6.45) is 0. The van der Waals surface area contributed by atoms with Crippen LogP contribution in [0, 0.1) is 0 Å². The van der Waals surface area contributed by atoms with Crippen LogP contribution in [-0.4, -0.2) is 44.4 Å². The number of carboxylic acid groups (broad SMARTS) is 1. The van der Waals surface area contributed by atoms with E-state index in [1.165, 1.54) is 25.3 Å². The SMILES string of the molecule is COc1ccccc1S(=O)(=O)N[C@H](CO)C(=O)O. The van der Waals surface area contributed by atoms with Gasteiger partial charge >= 0.3 is 5.97 Å².